The van der Waals surface area contributed by atoms with Crippen LogP contribution in [0.3, 0.4) is 0 Å². The Kier molecular flexibility index (Phi) is 5.11. The highest BCUT2D eigenvalue weighted by Crippen LogP contribution is 2.35. The topological polar surface area (TPSA) is 73.9 Å². The van der Waals surface area contributed by atoms with E-state index in [0.717, 1.165) is 30.5 Å². The maximum atomic E-state index is 13.1. The first-order chi connectivity index (χ1) is 12.7. The van der Waals surface area contributed by atoms with Gasteiger partial charge in [0, 0.05) is 13.6 Å². The fourth-order valence-electron chi connectivity index (χ4n) is 3.18. The molecule has 5 nitrogen and oxygen atoms in total. The number of benzene rings is 1. The SMILES string of the molecule is C=C1C(O)=C(C(NCc2ccc(F)cc2)=C2CCC2)N=C(C(C)(C)N)N1C. The smallest absolute Gasteiger partial charge is 0.166 e. The van der Waals surface area contributed by atoms with Gasteiger partial charge in [-0.3, -0.25) is 0 Å². The van der Waals surface area contributed by atoms with Crippen LogP contribution in [0.4, 0.5) is 4.39 Å². The maximum absolute atomic E-state index is 13.1. The molecule has 1 saturated carbocycles. The summed E-state index contributed by atoms with van der Waals surface area (Å²) in [5, 5.41) is 14.1. The zero-order valence-electron chi connectivity index (χ0n) is 16.1. The number of nitrogens with zero attached hydrogens (tertiary/aromatic N) is 2. The third kappa shape index (κ3) is 3.90. The normalized spacial score (nSPS) is 17.7. The number of likely N-dealkylation sites (N-methyl/N-ethyl adjacent to an activating group) is 1. The van der Waals surface area contributed by atoms with Crippen molar-refractivity contribution in [3.05, 3.63) is 70.6 Å². The Bertz CT molecular complexity index is 838. The third-order valence-corrected chi connectivity index (χ3v) is 4.94. The van der Waals surface area contributed by atoms with Gasteiger partial charge in [0.15, 0.2) is 5.76 Å². The van der Waals surface area contributed by atoms with Gasteiger partial charge in [0.25, 0.3) is 0 Å². The lowest BCUT2D eigenvalue weighted by Gasteiger charge is -2.36. The number of aliphatic hydroxyl groups is 1. The molecule has 4 N–H and O–H groups in total. The van der Waals surface area contributed by atoms with E-state index < -0.39 is 5.54 Å². The summed E-state index contributed by atoms with van der Waals surface area (Å²) in [5.41, 5.74) is 9.52. The van der Waals surface area contributed by atoms with Crippen LogP contribution in [-0.2, 0) is 6.54 Å². The van der Waals surface area contributed by atoms with Crippen LogP contribution in [0.5, 0.6) is 0 Å². The molecule has 0 amide bonds. The Morgan fingerprint density at radius 2 is 1.96 bits per heavy atom. The van der Waals surface area contributed by atoms with Crippen molar-refractivity contribution in [1.82, 2.24) is 10.2 Å². The quantitative estimate of drug-likeness (QED) is 0.739. The number of hydrogen-bond acceptors (Lipinski definition) is 5. The van der Waals surface area contributed by atoms with Gasteiger partial charge in [0.2, 0.25) is 0 Å². The minimum absolute atomic E-state index is 0.0477. The number of allylic oxidation sites excluding steroid dienone is 1. The molecule has 1 fully saturated rings. The van der Waals surface area contributed by atoms with E-state index in [4.69, 9.17) is 10.7 Å². The first-order valence-corrected chi connectivity index (χ1v) is 9.13. The predicted octanol–water partition coefficient (Wildman–Crippen LogP) is 3.72. The lowest BCUT2D eigenvalue weighted by atomic mass is 9.88. The molecule has 1 aromatic carbocycles. The van der Waals surface area contributed by atoms with E-state index in [9.17, 15) is 9.50 Å². The lowest BCUT2D eigenvalue weighted by molar-refractivity contribution is 0.374. The van der Waals surface area contributed by atoms with E-state index in [0.29, 0.717) is 23.8 Å². The summed E-state index contributed by atoms with van der Waals surface area (Å²) in [6.45, 7) is 8.25. The predicted molar refractivity (Wildman–Crippen MR) is 106 cm³/mol. The summed E-state index contributed by atoms with van der Waals surface area (Å²) in [6.07, 6.45) is 3.04. The third-order valence-electron chi connectivity index (χ3n) is 4.94. The Labute approximate surface area is 159 Å². The van der Waals surface area contributed by atoms with Gasteiger partial charge in [-0.05, 0) is 56.4 Å². The van der Waals surface area contributed by atoms with E-state index in [1.807, 2.05) is 13.8 Å². The maximum Gasteiger partial charge on any atom is 0.166 e. The van der Waals surface area contributed by atoms with Gasteiger partial charge in [0.1, 0.15) is 17.3 Å². The zero-order chi connectivity index (χ0) is 19.8. The Morgan fingerprint density at radius 1 is 1.33 bits per heavy atom. The van der Waals surface area contributed by atoms with Crippen LogP contribution in [0.15, 0.2) is 64.3 Å². The number of rotatable bonds is 5. The molecule has 1 heterocycles. The van der Waals surface area contributed by atoms with Crippen LogP contribution < -0.4 is 11.1 Å². The van der Waals surface area contributed by atoms with Crippen molar-refractivity contribution in [2.45, 2.75) is 45.2 Å². The molecule has 27 heavy (non-hydrogen) atoms. The Hall–Kier alpha value is -2.60. The van der Waals surface area contributed by atoms with Crippen molar-refractivity contribution in [3.8, 4) is 0 Å². The molecule has 0 spiro atoms. The number of halogens is 1. The highest BCUT2D eigenvalue weighted by molar-refractivity contribution is 5.94. The largest absolute Gasteiger partial charge is 0.504 e. The molecule has 0 bridgehead atoms. The molecule has 6 heteroatoms. The second kappa shape index (κ2) is 7.19. The molecule has 1 aliphatic heterocycles. The molecule has 3 rings (SSSR count). The van der Waals surface area contributed by atoms with Crippen molar-refractivity contribution >= 4 is 5.84 Å². The Balaban J connectivity index is 1.96. The summed E-state index contributed by atoms with van der Waals surface area (Å²) in [5.74, 6) is 0.426. The van der Waals surface area contributed by atoms with Gasteiger partial charge in [-0.25, -0.2) is 9.38 Å². The molecule has 144 valence electrons. The summed E-state index contributed by atoms with van der Waals surface area (Å²) >= 11 is 0. The van der Waals surface area contributed by atoms with Crippen LogP contribution in [0.2, 0.25) is 0 Å². The van der Waals surface area contributed by atoms with Crippen molar-refractivity contribution in [2.24, 2.45) is 10.7 Å². The van der Waals surface area contributed by atoms with Crippen molar-refractivity contribution < 1.29 is 9.50 Å². The monoisotopic (exact) mass is 370 g/mol. The fraction of sp³-hybridized carbons (Fsp3) is 0.381. The number of amidine groups is 1. The average Bonchev–Trinajstić information content (AvgIpc) is 2.55. The summed E-state index contributed by atoms with van der Waals surface area (Å²) < 4.78 is 13.1. The first kappa shape index (κ1) is 19.2. The van der Waals surface area contributed by atoms with Crippen LogP contribution in [0.1, 0.15) is 38.7 Å². The van der Waals surface area contributed by atoms with Gasteiger partial charge >= 0.3 is 0 Å². The van der Waals surface area contributed by atoms with E-state index in [2.05, 4.69) is 11.9 Å². The van der Waals surface area contributed by atoms with Crippen molar-refractivity contribution in [1.29, 1.82) is 0 Å². The molecule has 0 aromatic heterocycles. The zero-order valence-corrected chi connectivity index (χ0v) is 16.1. The molecule has 2 aliphatic rings. The highest BCUT2D eigenvalue weighted by atomic mass is 19.1. The van der Waals surface area contributed by atoms with E-state index in [-0.39, 0.29) is 11.6 Å². The van der Waals surface area contributed by atoms with E-state index >= 15 is 0 Å². The van der Waals surface area contributed by atoms with Gasteiger partial charge in [0.05, 0.1) is 16.9 Å². The van der Waals surface area contributed by atoms with E-state index in [1.54, 1.807) is 24.1 Å². The Morgan fingerprint density at radius 3 is 2.48 bits per heavy atom. The van der Waals surface area contributed by atoms with Gasteiger partial charge in [-0.15, -0.1) is 0 Å². The lowest BCUT2D eigenvalue weighted by Crippen LogP contribution is -2.51. The number of aliphatic hydroxyl groups excluding tert-OH is 1. The van der Waals surface area contributed by atoms with Crippen LogP contribution in [-0.4, -0.2) is 28.4 Å². The highest BCUT2D eigenvalue weighted by Gasteiger charge is 2.33. The van der Waals surface area contributed by atoms with E-state index in [1.165, 1.54) is 17.7 Å². The summed E-state index contributed by atoms with van der Waals surface area (Å²) in [4.78, 5) is 6.43. The van der Waals surface area contributed by atoms with Gasteiger partial charge in [-0.2, -0.15) is 0 Å². The standard InChI is InChI=1S/C21H27FN4O/c1-13-19(27)18(25-20(26(13)4)21(2,3)23)17(15-6-5-7-15)24-12-14-8-10-16(22)11-9-14/h8-11,24,27H,1,5-7,12,23H2,2-4H3. The fourth-order valence-corrected chi connectivity index (χ4v) is 3.18. The molecule has 0 unspecified atom stereocenters. The van der Waals surface area contributed by atoms with Gasteiger partial charge < -0.3 is 21.1 Å². The number of aliphatic imine (C=N–C) groups is 1. The molecule has 0 radical (unpaired) electrons. The minimum Gasteiger partial charge on any atom is -0.504 e. The van der Waals surface area contributed by atoms with Crippen LogP contribution >= 0.6 is 0 Å². The van der Waals surface area contributed by atoms with Crippen LogP contribution in [0, 0.1) is 5.82 Å². The summed E-state index contributed by atoms with van der Waals surface area (Å²) in [7, 11) is 1.80. The minimum atomic E-state index is -0.685. The number of nitrogens with one attached hydrogen (secondary N) is 1. The molecular formula is C21H27FN4O. The second-order valence-electron chi connectivity index (χ2n) is 7.67. The van der Waals surface area contributed by atoms with Crippen molar-refractivity contribution in [2.75, 3.05) is 7.05 Å². The van der Waals surface area contributed by atoms with Crippen LogP contribution in [0.25, 0.3) is 0 Å². The average molecular weight is 370 g/mol. The molecular weight excluding hydrogens is 343 g/mol. The first-order valence-electron chi connectivity index (χ1n) is 9.13. The molecule has 1 aliphatic carbocycles. The second-order valence-corrected chi connectivity index (χ2v) is 7.67. The molecule has 0 saturated heterocycles. The van der Waals surface area contributed by atoms with Gasteiger partial charge in [-0.1, -0.05) is 18.7 Å². The van der Waals surface area contributed by atoms with Crippen molar-refractivity contribution in [3.63, 3.8) is 0 Å². The number of hydrogen-bond donors (Lipinski definition) is 3. The molecule has 0 atom stereocenters. The molecule has 1 aromatic rings. The number of nitrogens with two attached hydrogens (primary N) is 1. The summed E-state index contributed by atoms with van der Waals surface area (Å²) in [6, 6.07) is 6.36.